The highest BCUT2D eigenvalue weighted by molar-refractivity contribution is 7.89. The maximum atomic E-state index is 12.8. The number of sulfonamides is 1. The van der Waals surface area contributed by atoms with E-state index in [-0.39, 0.29) is 16.7 Å². The zero-order chi connectivity index (χ0) is 18.9. The Bertz CT molecular complexity index is 932. The second kappa shape index (κ2) is 7.44. The number of carbonyl (C=O) groups is 1. The number of nitrogens with one attached hydrogen (secondary N) is 1. The van der Waals surface area contributed by atoms with Crippen molar-refractivity contribution >= 4 is 21.6 Å². The number of hydrogen-bond acceptors (Lipinski definition) is 3. The second-order valence-corrected chi connectivity index (χ2v) is 9.21. The van der Waals surface area contributed by atoms with E-state index in [4.69, 9.17) is 0 Å². The van der Waals surface area contributed by atoms with Gasteiger partial charge in [-0.05, 0) is 67.5 Å². The van der Waals surface area contributed by atoms with Crippen LogP contribution in [-0.2, 0) is 21.2 Å². The predicted octanol–water partition coefficient (Wildman–Crippen LogP) is 3.53. The first-order valence-corrected chi connectivity index (χ1v) is 11.0. The van der Waals surface area contributed by atoms with Crippen molar-refractivity contribution in [3.05, 3.63) is 59.7 Å². The van der Waals surface area contributed by atoms with E-state index in [1.54, 1.807) is 24.3 Å². The summed E-state index contributed by atoms with van der Waals surface area (Å²) in [5.41, 5.74) is 2.98. The van der Waals surface area contributed by atoms with Crippen molar-refractivity contribution < 1.29 is 13.2 Å². The molecule has 6 heteroatoms. The Kier molecular flexibility index (Phi) is 5.02. The number of carbonyl (C=O) groups excluding carboxylic acids is 1. The van der Waals surface area contributed by atoms with Crippen molar-refractivity contribution in [3.63, 3.8) is 0 Å². The Hall–Kier alpha value is -2.18. The van der Waals surface area contributed by atoms with Gasteiger partial charge in [-0.15, -0.1) is 0 Å². The molecule has 1 N–H and O–H groups in total. The molecule has 1 aliphatic carbocycles. The summed E-state index contributed by atoms with van der Waals surface area (Å²) in [5, 5.41) is 2.95. The van der Waals surface area contributed by atoms with E-state index in [0.717, 1.165) is 37.7 Å². The van der Waals surface area contributed by atoms with Crippen LogP contribution in [0.15, 0.2) is 53.4 Å². The fraction of sp³-hybridized carbons (Fsp3) is 0.381. The van der Waals surface area contributed by atoms with Gasteiger partial charge in [0, 0.05) is 18.8 Å². The summed E-state index contributed by atoms with van der Waals surface area (Å²) >= 11 is 0. The summed E-state index contributed by atoms with van der Waals surface area (Å²) in [6, 6.07) is 14.6. The molecule has 2 aliphatic rings. The molecule has 1 saturated heterocycles. The Morgan fingerprint density at radius 2 is 1.67 bits per heavy atom. The first kappa shape index (κ1) is 18.2. The summed E-state index contributed by atoms with van der Waals surface area (Å²) in [4.78, 5) is 13.1. The maximum absolute atomic E-state index is 12.8. The van der Waals surface area contributed by atoms with Gasteiger partial charge in [0.15, 0.2) is 0 Å². The molecule has 142 valence electrons. The zero-order valence-electron chi connectivity index (χ0n) is 15.2. The van der Waals surface area contributed by atoms with Crippen LogP contribution in [0.2, 0.25) is 0 Å². The summed E-state index contributed by atoms with van der Waals surface area (Å²) in [6.07, 6.45) is 4.68. The number of benzene rings is 2. The summed E-state index contributed by atoms with van der Waals surface area (Å²) in [6.45, 7) is 1.17. The van der Waals surface area contributed by atoms with E-state index in [0.29, 0.717) is 18.8 Å². The Morgan fingerprint density at radius 1 is 0.963 bits per heavy atom. The van der Waals surface area contributed by atoms with Crippen LogP contribution in [0.5, 0.6) is 0 Å². The largest absolute Gasteiger partial charge is 0.326 e. The van der Waals surface area contributed by atoms with Crippen LogP contribution in [0.3, 0.4) is 0 Å². The fourth-order valence-corrected chi connectivity index (χ4v) is 5.56. The monoisotopic (exact) mass is 384 g/mol. The molecular weight excluding hydrogens is 360 g/mol. The minimum Gasteiger partial charge on any atom is -0.326 e. The van der Waals surface area contributed by atoms with Gasteiger partial charge in [-0.1, -0.05) is 24.3 Å². The van der Waals surface area contributed by atoms with Gasteiger partial charge in [0.25, 0.3) is 0 Å². The lowest BCUT2D eigenvalue weighted by Gasteiger charge is -2.24. The lowest BCUT2D eigenvalue weighted by Crippen LogP contribution is -2.28. The molecule has 1 aliphatic heterocycles. The van der Waals surface area contributed by atoms with Crippen molar-refractivity contribution in [2.45, 2.75) is 42.9 Å². The van der Waals surface area contributed by atoms with Gasteiger partial charge in [-0.25, -0.2) is 8.42 Å². The van der Waals surface area contributed by atoms with Gasteiger partial charge in [0.2, 0.25) is 15.9 Å². The SMILES string of the molecule is O=C(Nc1ccc(S(=O)(=O)N2CCCC2)cc1)[C@@H]1CCCc2ccccc21. The van der Waals surface area contributed by atoms with Gasteiger partial charge >= 0.3 is 0 Å². The second-order valence-electron chi connectivity index (χ2n) is 7.27. The van der Waals surface area contributed by atoms with Crippen molar-refractivity contribution in [1.29, 1.82) is 0 Å². The van der Waals surface area contributed by atoms with Crippen LogP contribution in [0, 0.1) is 0 Å². The summed E-state index contributed by atoms with van der Waals surface area (Å²) in [5.74, 6) is -0.180. The molecule has 0 aromatic heterocycles. The van der Waals surface area contributed by atoms with Crippen LogP contribution >= 0.6 is 0 Å². The third kappa shape index (κ3) is 3.64. The van der Waals surface area contributed by atoms with Gasteiger partial charge < -0.3 is 5.32 Å². The van der Waals surface area contributed by atoms with Crippen molar-refractivity contribution in [3.8, 4) is 0 Å². The van der Waals surface area contributed by atoms with Crippen LogP contribution in [0.4, 0.5) is 5.69 Å². The Balaban J connectivity index is 1.48. The quantitative estimate of drug-likeness (QED) is 0.877. The first-order valence-electron chi connectivity index (χ1n) is 9.54. The smallest absolute Gasteiger partial charge is 0.243 e. The number of anilines is 1. The standard InChI is InChI=1S/C21H24N2O3S/c24-21(20-9-5-7-16-6-1-2-8-19(16)20)22-17-10-12-18(13-11-17)27(25,26)23-14-3-4-15-23/h1-2,6,8,10-13,20H,3-5,7,9,14-15H2,(H,22,24)/t20-/m1/s1. The minimum atomic E-state index is -3.42. The molecule has 5 nitrogen and oxygen atoms in total. The molecule has 1 fully saturated rings. The molecule has 27 heavy (non-hydrogen) atoms. The van der Waals surface area contributed by atoms with Gasteiger partial charge in [0.1, 0.15) is 0 Å². The van der Waals surface area contributed by atoms with Crippen LogP contribution in [0.25, 0.3) is 0 Å². The molecular formula is C21H24N2O3S. The third-order valence-electron chi connectivity index (χ3n) is 5.51. The molecule has 0 radical (unpaired) electrons. The lowest BCUT2D eigenvalue weighted by molar-refractivity contribution is -0.117. The van der Waals surface area contributed by atoms with Gasteiger partial charge in [-0.2, -0.15) is 4.31 Å². The van der Waals surface area contributed by atoms with E-state index in [1.807, 2.05) is 18.2 Å². The highest BCUT2D eigenvalue weighted by Crippen LogP contribution is 2.32. The minimum absolute atomic E-state index is 0.0303. The topological polar surface area (TPSA) is 66.5 Å². The average Bonchev–Trinajstić information content (AvgIpc) is 3.24. The predicted molar refractivity (Wildman–Crippen MR) is 105 cm³/mol. The molecule has 4 rings (SSSR count). The third-order valence-corrected chi connectivity index (χ3v) is 7.42. The molecule has 1 atom stereocenters. The number of nitrogens with zero attached hydrogens (tertiary/aromatic N) is 1. The maximum Gasteiger partial charge on any atom is 0.243 e. The van der Waals surface area contributed by atoms with E-state index in [1.165, 1.54) is 9.87 Å². The fourth-order valence-electron chi connectivity index (χ4n) is 4.04. The first-order chi connectivity index (χ1) is 13.1. The van der Waals surface area contributed by atoms with Gasteiger partial charge in [-0.3, -0.25) is 4.79 Å². The molecule has 0 bridgehead atoms. The molecule has 1 heterocycles. The van der Waals surface area contributed by atoms with Crippen molar-refractivity contribution in [1.82, 2.24) is 4.31 Å². The number of amides is 1. The molecule has 0 saturated carbocycles. The summed E-state index contributed by atoms with van der Waals surface area (Å²) < 4.78 is 26.7. The Morgan fingerprint density at radius 3 is 2.41 bits per heavy atom. The zero-order valence-corrected chi connectivity index (χ0v) is 16.0. The summed E-state index contributed by atoms with van der Waals surface area (Å²) in [7, 11) is -3.42. The molecule has 2 aromatic rings. The number of fused-ring (bicyclic) bond motifs is 1. The molecule has 2 aromatic carbocycles. The van der Waals surface area contributed by atoms with E-state index in [9.17, 15) is 13.2 Å². The van der Waals surface area contributed by atoms with Gasteiger partial charge in [0.05, 0.1) is 10.8 Å². The van der Waals surface area contributed by atoms with Crippen LogP contribution < -0.4 is 5.32 Å². The molecule has 0 spiro atoms. The van der Waals surface area contributed by atoms with Crippen molar-refractivity contribution in [2.24, 2.45) is 0 Å². The number of aryl methyl sites for hydroxylation is 1. The van der Waals surface area contributed by atoms with Crippen molar-refractivity contribution in [2.75, 3.05) is 18.4 Å². The number of rotatable bonds is 4. The lowest BCUT2D eigenvalue weighted by atomic mass is 9.82. The van der Waals surface area contributed by atoms with Crippen LogP contribution in [-0.4, -0.2) is 31.7 Å². The molecule has 0 unspecified atom stereocenters. The van der Waals surface area contributed by atoms with E-state index >= 15 is 0 Å². The number of hydrogen-bond donors (Lipinski definition) is 1. The highest BCUT2D eigenvalue weighted by atomic mass is 32.2. The van der Waals surface area contributed by atoms with E-state index < -0.39 is 10.0 Å². The Labute approximate surface area is 160 Å². The highest BCUT2D eigenvalue weighted by Gasteiger charge is 2.28. The van der Waals surface area contributed by atoms with Crippen LogP contribution in [0.1, 0.15) is 42.7 Å². The molecule has 1 amide bonds. The average molecular weight is 385 g/mol. The normalized spacial score (nSPS) is 20.2. The van der Waals surface area contributed by atoms with E-state index in [2.05, 4.69) is 11.4 Å².